The van der Waals surface area contributed by atoms with Gasteiger partial charge in [0.25, 0.3) is 0 Å². The minimum atomic E-state index is -0.708. The summed E-state index contributed by atoms with van der Waals surface area (Å²) in [7, 11) is 1.02. The molecule has 4 nitrogen and oxygen atoms in total. The number of rotatable bonds is 3. The minimum Gasteiger partial charge on any atom is -0.351 e. The molecule has 0 radical (unpaired) electrons. The Kier molecular flexibility index (Phi) is 3.68. The van der Waals surface area contributed by atoms with Crippen LogP contribution in [0.3, 0.4) is 0 Å². The van der Waals surface area contributed by atoms with Gasteiger partial charge in [-0.2, -0.15) is 0 Å². The lowest BCUT2D eigenvalue weighted by Gasteiger charge is -2.09. The van der Waals surface area contributed by atoms with Gasteiger partial charge in [0.05, 0.1) is 6.54 Å². The van der Waals surface area contributed by atoms with Crippen LogP contribution in [0.4, 0.5) is 0 Å². The summed E-state index contributed by atoms with van der Waals surface area (Å²) < 4.78 is 10.9. The summed E-state index contributed by atoms with van der Waals surface area (Å²) in [5, 5.41) is 5.58. The van der Waals surface area contributed by atoms with E-state index < -0.39 is 10.8 Å². The lowest BCUT2D eigenvalue weighted by Crippen LogP contribution is -2.39. The molecule has 0 aliphatic carbocycles. The third-order valence-electron chi connectivity index (χ3n) is 1.78. The Labute approximate surface area is 74.6 Å². The molecule has 5 heteroatoms. The second kappa shape index (κ2) is 4.57. The molecule has 2 N–H and O–H groups in total. The Hall–Kier alpha value is -0.420. The summed E-state index contributed by atoms with van der Waals surface area (Å²) in [5.74, 6) is 1.33. The van der Waals surface area contributed by atoms with E-state index in [1.54, 1.807) is 7.05 Å². The number of carbonyl (C=O) groups excluding carboxylic acids is 1. The van der Waals surface area contributed by atoms with Gasteiger partial charge in [-0.25, -0.2) is 0 Å². The van der Waals surface area contributed by atoms with Gasteiger partial charge in [-0.05, 0) is 13.5 Å². The number of likely N-dealkylation sites (N-methyl/N-ethyl adjacent to an activating group) is 1. The maximum atomic E-state index is 11.0. The zero-order chi connectivity index (χ0) is 8.97. The summed E-state index contributed by atoms with van der Waals surface area (Å²) in [6.45, 7) is 0.336. The van der Waals surface area contributed by atoms with E-state index in [1.165, 1.54) is 0 Å². The average molecular weight is 190 g/mol. The van der Waals surface area contributed by atoms with Crippen molar-refractivity contribution in [2.24, 2.45) is 0 Å². The Morgan fingerprint density at radius 3 is 2.92 bits per heavy atom. The lowest BCUT2D eigenvalue weighted by molar-refractivity contribution is -0.120. The molecule has 1 fully saturated rings. The largest absolute Gasteiger partial charge is 0.351 e. The van der Waals surface area contributed by atoms with Gasteiger partial charge in [0.1, 0.15) is 0 Å². The molecule has 12 heavy (non-hydrogen) atoms. The summed E-state index contributed by atoms with van der Waals surface area (Å²) >= 11 is 0. The van der Waals surface area contributed by atoms with E-state index in [-0.39, 0.29) is 11.9 Å². The molecule has 0 bridgehead atoms. The lowest BCUT2D eigenvalue weighted by atomic mass is 10.2. The molecule has 1 amide bonds. The number of carbonyl (C=O) groups is 1. The summed E-state index contributed by atoms with van der Waals surface area (Å²) in [6.07, 6.45) is 0.849. The van der Waals surface area contributed by atoms with Crippen molar-refractivity contribution < 1.29 is 9.00 Å². The quantitative estimate of drug-likeness (QED) is 0.590. The first-order chi connectivity index (χ1) is 5.72. The predicted molar refractivity (Wildman–Crippen MR) is 48.4 cm³/mol. The number of nitrogens with one attached hydrogen (secondary N) is 2. The molecule has 1 heterocycles. The number of hydrogen-bond acceptors (Lipinski definition) is 3. The molecule has 2 unspecified atom stereocenters. The van der Waals surface area contributed by atoms with Crippen molar-refractivity contribution >= 4 is 16.7 Å². The molecular formula is C7H14N2O2S. The topological polar surface area (TPSA) is 58.2 Å². The van der Waals surface area contributed by atoms with E-state index in [9.17, 15) is 9.00 Å². The molecule has 0 aromatic rings. The van der Waals surface area contributed by atoms with Crippen molar-refractivity contribution in [2.45, 2.75) is 12.5 Å². The van der Waals surface area contributed by atoms with E-state index >= 15 is 0 Å². The molecule has 1 aliphatic rings. The van der Waals surface area contributed by atoms with Crippen molar-refractivity contribution in [2.75, 3.05) is 25.1 Å². The fraction of sp³-hybridized carbons (Fsp3) is 0.857. The maximum absolute atomic E-state index is 11.0. The van der Waals surface area contributed by atoms with Crippen LogP contribution < -0.4 is 10.6 Å². The fourth-order valence-electron chi connectivity index (χ4n) is 1.22. The monoisotopic (exact) mass is 190 g/mol. The van der Waals surface area contributed by atoms with E-state index in [0.717, 1.165) is 12.2 Å². The summed E-state index contributed by atoms with van der Waals surface area (Å²) in [5.41, 5.74) is 0. The molecule has 1 saturated heterocycles. The summed E-state index contributed by atoms with van der Waals surface area (Å²) in [6, 6.07) is 0.131. The Morgan fingerprint density at radius 2 is 2.42 bits per heavy atom. The first-order valence-electron chi connectivity index (χ1n) is 4.01. The standard InChI is InChI=1S/C7H14N2O2S/c1-8-4-7(10)9-6-2-3-12(11)5-6/h6,8H,2-5H2,1H3,(H,9,10). The average Bonchev–Trinajstić information content (AvgIpc) is 2.36. The fourth-order valence-corrected chi connectivity index (χ4v) is 2.63. The first kappa shape index (κ1) is 9.67. The maximum Gasteiger partial charge on any atom is 0.234 e. The summed E-state index contributed by atoms with van der Waals surface area (Å²) in [4.78, 5) is 11.0. The highest BCUT2D eigenvalue weighted by atomic mass is 32.2. The van der Waals surface area contributed by atoms with Gasteiger partial charge in [-0.1, -0.05) is 0 Å². The third-order valence-corrected chi connectivity index (χ3v) is 3.25. The number of amides is 1. The molecule has 1 rings (SSSR count). The van der Waals surface area contributed by atoms with Crippen LogP contribution in [0.2, 0.25) is 0 Å². The van der Waals surface area contributed by atoms with E-state index in [4.69, 9.17) is 0 Å². The van der Waals surface area contributed by atoms with Crippen LogP contribution in [0.25, 0.3) is 0 Å². The second-order valence-corrected chi connectivity index (χ2v) is 4.52. The smallest absolute Gasteiger partial charge is 0.234 e. The highest BCUT2D eigenvalue weighted by Crippen LogP contribution is 2.06. The van der Waals surface area contributed by atoms with Gasteiger partial charge >= 0.3 is 0 Å². The van der Waals surface area contributed by atoms with Gasteiger partial charge in [0, 0.05) is 28.3 Å². The van der Waals surface area contributed by atoms with Crippen molar-refractivity contribution in [3.8, 4) is 0 Å². The first-order valence-corrected chi connectivity index (χ1v) is 5.50. The van der Waals surface area contributed by atoms with Crippen LogP contribution in [0.5, 0.6) is 0 Å². The Bertz CT molecular complexity index is 196. The normalized spacial score (nSPS) is 28.8. The van der Waals surface area contributed by atoms with Gasteiger partial charge in [0.2, 0.25) is 5.91 Å². The Balaban J connectivity index is 2.23. The van der Waals surface area contributed by atoms with Crippen molar-refractivity contribution in [3.63, 3.8) is 0 Å². The highest BCUT2D eigenvalue weighted by Gasteiger charge is 2.21. The number of hydrogen-bond donors (Lipinski definition) is 2. The van der Waals surface area contributed by atoms with Crippen LogP contribution >= 0.6 is 0 Å². The van der Waals surface area contributed by atoms with E-state index in [1.807, 2.05) is 0 Å². The molecule has 0 saturated carbocycles. The third kappa shape index (κ3) is 2.91. The second-order valence-electron chi connectivity index (χ2n) is 2.89. The van der Waals surface area contributed by atoms with Gasteiger partial charge in [-0.15, -0.1) is 0 Å². The molecule has 1 aliphatic heterocycles. The van der Waals surface area contributed by atoms with Crippen LogP contribution in [0.1, 0.15) is 6.42 Å². The molecule has 0 aromatic heterocycles. The zero-order valence-electron chi connectivity index (χ0n) is 7.13. The van der Waals surface area contributed by atoms with E-state index in [0.29, 0.717) is 12.3 Å². The zero-order valence-corrected chi connectivity index (χ0v) is 7.95. The molecule has 70 valence electrons. The van der Waals surface area contributed by atoms with Gasteiger partial charge < -0.3 is 10.6 Å². The van der Waals surface area contributed by atoms with Gasteiger partial charge in [0.15, 0.2) is 0 Å². The van der Waals surface area contributed by atoms with Crippen LogP contribution in [-0.4, -0.2) is 41.3 Å². The molecule has 0 spiro atoms. The Morgan fingerprint density at radius 1 is 1.67 bits per heavy atom. The van der Waals surface area contributed by atoms with E-state index in [2.05, 4.69) is 10.6 Å². The van der Waals surface area contributed by atoms with Gasteiger partial charge in [-0.3, -0.25) is 9.00 Å². The molecule has 2 atom stereocenters. The minimum absolute atomic E-state index is 0.0126. The SMILES string of the molecule is CNCC(=O)NC1CCS(=O)C1. The predicted octanol–water partition coefficient (Wildman–Crippen LogP) is -1.16. The van der Waals surface area contributed by atoms with Crippen molar-refractivity contribution in [3.05, 3.63) is 0 Å². The van der Waals surface area contributed by atoms with Crippen molar-refractivity contribution in [1.29, 1.82) is 0 Å². The highest BCUT2D eigenvalue weighted by molar-refractivity contribution is 7.85. The van der Waals surface area contributed by atoms with Crippen molar-refractivity contribution in [1.82, 2.24) is 10.6 Å². The van der Waals surface area contributed by atoms with Crippen LogP contribution in [-0.2, 0) is 15.6 Å². The van der Waals surface area contributed by atoms with Crippen LogP contribution in [0.15, 0.2) is 0 Å². The molecular weight excluding hydrogens is 176 g/mol. The molecule has 0 aromatic carbocycles. The van der Waals surface area contributed by atoms with Crippen LogP contribution in [0, 0.1) is 0 Å².